The number of hydrogen-bond donors (Lipinski definition) is 1. The Morgan fingerprint density at radius 1 is 1.22 bits per heavy atom. The zero-order chi connectivity index (χ0) is 13.7. The van der Waals surface area contributed by atoms with E-state index >= 15 is 0 Å². The first-order valence-corrected chi connectivity index (χ1v) is 6.20. The minimum absolute atomic E-state index is 0.157. The summed E-state index contributed by atoms with van der Waals surface area (Å²) in [6.07, 6.45) is 0. The van der Waals surface area contributed by atoms with E-state index in [4.69, 9.17) is 0 Å². The smallest absolute Gasteiger partial charge is 0.295 e. The molecule has 2 rings (SSSR count). The van der Waals surface area contributed by atoms with Gasteiger partial charge >= 0.3 is 0 Å². The van der Waals surface area contributed by atoms with Crippen LogP contribution in [0.25, 0.3) is 0 Å². The Bertz CT molecular complexity index is 493. The summed E-state index contributed by atoms with van der Waals surface area (Å²) in [6.45, 7) is 10.5. The van der Waals surface area contributed by atoms with Gasteiger partial charge in [-0.05, 0) is 23.8 Å². The lowest BCUT2D eigenvalue weighted by atomic mass is 10.0. The maximum atomic E-state index is 11.1. The third kappa shape index (κ3) is 1.67. The lowest BCUT2D eigenvalue weighted by Crippen LogP contribution is -2.12. The molecule has 0 radical (unpaired) electrons. The van der Waals surface area contributed by atoms with Gasteiger partial charge in [0.2, 0.25) is 0 Å². The first-order chi connectivity index (χ1) is 8.19. The molecule has 18 heavy (non-hydrogen) atoms. The Hall–Kier alpha value is -1.58. The predicted molar refractivity (Wildman–Crippen MR) is 72.8 cm³/mol. The number of nitro groups is 1. The normalized spacial score (nSPS) is 20.5. The van der Waals surface area contributed by atoms with Crippen LogP contribution in [0.4, 0.5) is 11.4 Å². The van der Waals surface area contributed by atoms with Gasteiger partial charge < -0.3 is 5.32 Å². The first-order valence-electron chi connectivity index (χ1n) is 6.20. The fourth-order valence-corrected chi connectivity index (χ4v) is 2.73. The number of para-hydroxylation sites is 1. The van der Waals surface area contributed by atoms with Crippen molar-refractivity contribution in [1.29, 1.82) is 0 Å². The minimum Gasteiger partial charge on any atom is -0.376 e. The molecule has 1 fully saturated rings. The molecule has 0 amide bonds. The van der Waals surface area contributed by atoms with Gasteiger partial charge in [-0.3, -0.25) is 10.1 Å². The highest BCUT2D eigenvalue weighted by Crippen LogP contribution is 2.64. The Kier molecular flexibility index (Phi) is 2.65. The van der Waals surface area contributed by atoms with E-state index in [0.717, 1.165) is 0 Å². The second-order valence-electron chi connectivity index (χ2n) is 6.25. The SMILES string of the molecule is Cc1cccc(NC2C(C)(C)C2(C)C)c1[N+](=O)[O-]. The summed E-state index contributed by atoms with van der Waals surface area (Å²) in [6, 6.07) is 5.68. The van der Waals surface area contributed by atoms with Crippen molar-refractivity contribution in [3.8, 4) is 0 Å². The Morgan fingerprint density at radius 2 is 1.78 bits per heavy atom. The summed E-state index contributed by atoms with van der Waals surface area (Å²) < 4.78 is 0. The van der Waals surface area contributed by atoms with Gasteiger partial charge in [-0.25, -0.2) is 0 Å². The summed E-state index contributed by atoms with van der Waals surface area (Å²) in [5, 5.41) is 14.5. The molecule has 1 aromatic carbocycles. The molecule has 0 atom stereocenters. The van der Waals surface area contributed by atoms with Crippen LogP contribution >= 0.6 is 0 Å². The predicted octanol–water partition coefficient (Wildman–Crippen LogP) is 3.75. The third-order valence-electron chi connectivity index (χ3n) is 4.74. The number of hydrogen-bond acceptors (Lipinski definition) is 3. The number of nitro benzene ring substituents is 1. The van der Waals surface area contributed by atoms with Crippen LogP contribution < -0.4 is 5.32 Å². The highest BCUT2D eigenvalue weighted by atomic mass is 16.6. The fourth-order valence-electron chi connectivity index (χ4n) is 2.73. The van der Waals surface area contributed by atoms with E-state index in [1.54, 1.807) is 19.1 Å². The topological polar surface area (TPSA) is 55.2 Å². The van der Waals surface area contributed by atoms with Crippen molar-refractivity contribution in [3.05, 3.63) is 33.9 Å². The Labute approximate surface area is 108 Å². The van der Waals surface area contributed by atoms with Crippen LogP contribution in [-0.4, -0.2) is 11.0 Å². The summed E-state index contributed by atoms with van der Waals surface area (Å²) in [4.78, 5) is 10.8. The third-order valence-corrected chi connectivity index (χ3v) is 4.74. The first kappa shape index (κ1) is 12.9. The Balaban J connectivity index is 2.32. The van der Waals surface area contributed by atoms with Crippen molar-refractivity contribution in [3.63, 3.8) is 0 Å². The van der Waals surface area contributed by atoms with E-state index in [-0.39, 0.29) is 27.5 Å². The molecule has 0 saturated heterocycles. The van der Waals surface area contributed by atoms with E-state index < -0.39 is 0 Å². The van der Waals surface area contributed by atoms with Crippen LogP contribution in [0, 0.1) is 27.9 Å². The summed E-state index contributed by atoms with van der Waals surface area (Å²) >= 11 is 0. The molecule has 0 heterocycles. The van der Waals surface area contributed by atoms with Crippen molar-refractivity contribution in [1.82, 2.24) is 0 Å². The van der Waals surface area contributed by atoms with Crippen molar-refractivity contribution in [2.75, 3.05) is 5.32 Å². The van der Waals surface area contributed by atoms with Crippen molar-refractivity contribution in [2.24, 2.45) is 10.8 Å². The number of anilines is 1. The van der Waals surface area contributed by atoms with E-state index in [9.17, 15) is 10.1 Å². The zero-order valence-corrected chi connectivity index (χ0v) is 11.6. The average Bonchev–Trinajstić information content (AvgIpc) is 2.60. The van der Waals surface area contributed by atoms with Gasteiger partial charge in [-0.1, -0.05) is 39.8 Å². The molecule has 1 N–H and O–H groups in total. The van der Waals surface area contributed by atoms with Gasteiger partial charge in [-0.2, -0.15) is 0 Å². The van der Waals surface area contributed by atoms with E-state index in [1.165, 1.54) is 0 Å². The maximum absolute atomic E-state index is 11.1. The van der Waals surface area contributed by atoms with Gasteiger partial charge in [-0.15, -0.1) is 0 Å². The number of nitrogens with zero attached hydrogens (tertiary/aromatic N) is 1. The molecule has 98 valence electrons. The second kappa shape index (κ2) is 3.70. The van der Waals surface area contributed by atoms with Crippen molar-refractivity contribution >= 4 is 11.4 Å². The Morgan fingerprint density at radius 3 is 2.22 bits per heavy atom. The quantitative estimate of drug-likeness (QED) is 0.654. The standard InChI is InChI=1S/C14H20N2O2/c1-9-7-6-8-10(11(9)16(17)18)15-12-13(2,3)14(12,4)5/h6-8,12,15H,1-5H3. The molecular weight excluding hydrogens is 228 g/mol. The van der Waals surface area contributed by atoms with Crippen LogP contribution in [-0.2, 0) is 0 Å². The average molecular weight is 248 g/mol. The molecule has 1 aliphatic carbocycles. The van der Waals surface area contributed by atoms with E-state index in [2.05, 4.69) is 33.0 Å². The highest BCUT2D eigenvalue weighted by Gasteiger charge is 2.65. The monoisotopic (exact) mass is 248 g/mol. The van der Waals surface area contributed by atoms with Crippen LogP contribution in [0.5, 0.6) is 0 Å². The van der Waals surface area contributed by atoms with Gasteiger partial charge in [0, 0.05) is 11.6 Å². The zero-order valence-electron chi connectivity index (χ0n) is 11.6. The van der Waals surface area contributed by atoms with Crippen LogP contribution in [0.2, 0.25) is 0 Å². The van der Waals surface area contributed by atoms with Crippen LogP contribution in [0.15, 0.2) is 18.2 Å². The summed E-state index contributed by atoms with van der Waals surface area (Å²) in [5.41, 5.74) is 1.83. The molecule has 1 saturated carbocycles. The van der Waals surface area contributed by atoms with Gasteiger partial charge in [0.15, 0.2) is 0 Å². The molecule has 4 nitrogen and oxygen atoms in total. The maximum Gasteiger partial charge on any atom is 0.295 e. The molecule has 0 bridgehead atoms. The summed E-state index contributed by atoms with van der Waals surface area (Å²) in [5.74, 6) is 0. The number of nitrogens with one attached hydrogen (secondary N) is 1. The highest BCUT2D eigenvalue weighted by molar-refractivity contribution is 5.66. The van der Waals surface area contributed by atoms with Crippen LogP contribution in [0.1, 0.15) is 33.3 Å². The fraction of sp³-hybridized carbons (Fsp3) is 0.571. The molecule has 1 aromatic rings. The summed E-state index contributed by atoms with van der Waals surface area (Å²) in [7, 11) is 0. The number of aryl methyl sites for hydroxylation is 1. The number of benzene rings is 1. The molecule has 0 unspecified atom stereocenters. The van der Waals surface area contributed by atoms with E-state index in [0.29, 0.717) is 11.3 Å². The van der Waals surface area contributed by atoms with Gasteiger partial charge in [0.25, 0.3) is 5.69 Å². The van der Waals surface area contributed by atoms with E-state index in [1.807, 2.05) is 6.07 Å². The lowest BCUT2D eigenvalue weighted by Gasteiger charge is -2.10. The van der Waals surface area contributed by atoms with Gasteiger partial charge in [0.05, 0.1) is 4.92 Å². The largest absolute Gasteiger partial charge is 0.376 e. The van der Waals surface area contributed by atoms with Gasteiger partial charge in [0.1, 0.15) is 5.69 Å². The molecular formula is C14H20N2O2. The number of rotatable bonds is 3. The lowest BCUT2D eigenvalue weighted by molar-refractivity contribution is -0.384. The van der Waals surface area contributed by atoms with Crippen LogP contribution in [0.3, 0.4) is 0 Å². The molecule has 0 spiro atoms. The molecule has 4 heteroatoms. The van der Waals surface area contributed by atoms with Crippen molar-refractivity contribution in [2.45, 2.75) is 40.7 Å². The molecule has 1 aliphatic rings. The molecule has 0 aromatic heterocycles. The minimum atomic E-state index is -0.306. The second-order valence-corrected chi connectivity index (χ2v) is 6.25. The van der Waals surface area contributed by atoms with Crippen molar-refractivity contribution < 1.29 is 4.92 Å². The molecule has 0 aliphatic heterocycles.